The molecule has 2 unspecified atom stereocenters. The van der Waals surface area contributed by atoms with E-state index in [9.17, 15) is 20.0 Å². The Balaban J connectivity index is 2.37. The van der Waals surface area contributed by atoms with E-state index < -0.39 is 22.6 Å². The van der Waals surface area contributed by atoms with Crippen LogP contribution in [0.3, 0.4) is 0 Å². The number of benzene rings is 2. The zero-order valence-corrected chi connectivity index (χ0v) is 19.6. The Labute approximate surface area is 197 Å². The minimum Gasteiger partial charge on any atom is -0.508 e. The first kappa shape index (κ1) is 24.7. The average Bonchev–Trinajstić information content (AvgIpc) is 2.80. The van der Waals surface area contributed by atoms with Crippen molar-refractivity contribution in [3.63, 3.8) is 0 Å². The molecule has 9 nitrogen and oxygen atoms in total. The molecule has 1 aromatic heterocycles. The van der Waals surface area contributed by atoms with Gasteiger partial charge in [-0.25, -0.2) is 9.78 Å². The molecule has 178 valence electrons. The molecule has 1 heterocycles. The minimum absolute atomic E-state index is 0.156. The van der Waals surface area contributed by atoms with Gasteiger partial charge in [0.1, 0.15) is 5.75 Å². The van der Waals surface area contributed by atoms with Gasteiger partial charge >= 0.3 is 11.7 Å². The lowest BCUT2D eigenvalue weighted by atomic mass is 9.80. The predicted octanol–water partition coefficient (Wildman–Crippen LogP) is 4.13. The Morgan fingerprint density at radius 1 is 1.09 bits per heavy atom. The summed E-state index contributed by atoms with van der Waals surface area (Å²) in [5.74, 6) is -1.39. The fourth-order valence-corrected chi connectivity index (χ4v) is 4.03. The van der Waals surface area contributed by atoms with Crippen molar-refractivity contribution in [1.29, 1.82) is 0 Å². The summed E-state index contributed by atoms with van der Waals surface area (Å²) in [7, 11) is 2.53. The average molecular weight is 466 g/mol. The Morgan fingerprint density at radius 2 is 1.76 bits per heavy atom. The maximum atomic E-state index is 13.2. The Hall–Kier alpha value is -3.98. The van der Waals surface area contributed by atoms with E-state index in [2.05, 4.69) is 4.98 Å². The van der Waals surface area contributed by atoms with E-state index in [1.807, 2.05) is 6.92 Å². The smallest absolute Gasteiger partial charge is 0.350 e. The summed E-state index contributed by atoms with van der Waals surface area (Å²) in [6.07, 6.45) is -1.61. The molecule has 34 heavy (non-hydrogen) atoms. The molecule has 0 saturated heterocycles. The number of aromatic hydroxyl groups is 1. The maximum Gasteiger partial charge on any atom is 0.350 e. The number of nitro groups is 1. The third kappa shape index (κ3) is 4.42. The van der Waals surface area contributed by atoms with Gasteiger partial charge in [0.05, 0.1) is 12.0 Å². The van der Waals surface area contributed by atoms with Crippen molar-refractivity contribution in [2.24, 2.45) is 0 Å². The van der Waals surface area contributed by atoms with Crippen LogP contribution in [0.25, 0.3) is 0 Å². The number of pyridine rings is 1. The van der Waals surface area contributed by atoms with Crippen molar-refractivity contribution in [2.45, 2.75) is 32.5 Å². The highest BCUT2D eigenvalue weighted by molar-refractivity contribution is 5.79. The Bertz CT molecular complexity index is 1210. The SMILES string of the molecule is COC(=O)C(Oc1nc(C)cc(C)c1[N+](=O)[O-])C(OC)(c1ccccc1)c1cc(C)ccc1O. The number of rotatable bonds is 8. The summed E-state index contributed by atoms with van der Waals surface area (Å²) in [4.78, 5) is 28.6. The van der Waals surface area contributed by atoms with Crippen molar-refractivity contribution in [1.82, 2.24) is 4.98 Å². The van der Waals surface area contributed by atoms with Crippen molar-refractivity contribution in [3.8, 4) is 11.6 Å². The fourth-order valence-electron chi connectivity index (χ4n) is 4.03. The van der Waals surface area contributed by atoms with Gasteiger partial charge in [0.25, 0.3) is 5.88 Å². The van der Waals surface area contributed by atoms with Crippen LogP contribution in [0.15, 0.2) is 54.6 Å². The normalized spacial score (nSPS) is 13.6. The molecular formula is C25H26N2O7. The highest BCUT2D eigenvalue weighted by Gasteiger charge is 2.52. The number of nitrogens with zero attached hydrogens (tertiary/aromatic N) is 2. The quantitative estimate of drug-likeness (QED) is 0.299. The van der Waals surface area contributed by atoms with Crippen LogP contribution in [0, 0.1) is 30.9 Å². The topological polar surface area (TPSA) is 121 Å². The van der Waals surface area contributed by atoms with Crippen LogP contribution in [0.1, 0.15) is 27.9 Å². The number of hydrogen-bond acceptors (Lipinski definition) is 8. The van der Waals surface area contributed by atoms with Gasteiger partial charge in [0.2, 0.25) is 6.10 Å². The second-order valence-electron chi connectivity index (χ2n) is 7.84. The molecule has 0 fully saturated rings. The number of aryl methyl sites for hydroxylation is 3. The largest absolute Gasteiger partial charge is 0.508 e. The molecule has 0 aliphatic rings. The number of phenols is 1. The number of phenolic OH excluding ortho intramolecular Hbond substituents is 1. The lowest BCUT2D eigenvalue weighted by Crippen LogP contribution is -2.51. The number of carbonyl (C=O) groups excluding carboxylic acids is 1. The van der Waals surface area contributed by atoms with E-state index in [4.69, 9.17) is 14.2 Å². The van der Waals surface area contributed by atoms with Gasteiger partial charge in [0, 0.05) is 23.9 Å². The standard InChI is InChI=1S/C25H26N2O7/c1-15-11-12-20(28)19(13-15)25(33-5,18-9-7-6-8-10-18)22(24(29)32-4)34-23-21(27(30)31)16(2)14-17(3)26-23/h6-14,22,28H,1-5H3. The van der Waals surface area contributed by atoms with Crippen LogP contribution < -0.4 is 4.74 Å². The molecule has 0 bridgehead atoms. The molecule has 0 spiro atoms. The molecule has 2 aromatic carbocycles. The molecule has 0 amide bonds. The second-order valence-corrected chi connectivity index (χ2v) is 7.84. The second kappa shape index (κ2) is 9.88. The van der Waals surface area contributed by atoms with Crippen molar-refractivity contribution in [2.75, 3.05) is 14.2 Å². The van der Waals surface area contributed by atoms with Crippen LogP contribution in [0.5, 0.6) is 11.6 Å². The predicted molar refractivity (Wildman–Crippen MR) is 124 cm³/mol. The highest BCUT2D eigenvalue weighted by Crippen LogP contribution is 2.44. The maximum absolute atomic E-state index is 13.2. The highest BCUT2D eigenvalue weighted by atomic mass is 16.6. The van der Waals surface area contributed by atoms with Crippen LogP contribution in [0.2, 0.25) is 0 Å². The van der Waals surface area contributed by atoms with Crippen LogP contribution in [0.4, 0.5) is 5.69 Å². The molecular weight excluding hydrogens is 440 g/mol. The van der Waals surface area contributed by atoms with Gasteiger partial charge in [-0.3, -0.25) is 10.1 Å². The number of esters is 1. The van der Waals surface area contributed by atoms with Crippen molar-refractivity contribution in [3.05, 3.63) is 92.7 Å². The first-order valence-corrected chi connectivity index (χ1v) is 10.4. The molecule has 0 radical (unpaired) electrons. The van der Waals surface area contributed by atoms with Gasteiger partial charge in [-0.05, 0) is 44.5 Å². The molecule has 9 heteroatoms. The number of carbonyl (C=O) groups is 1. The zero-order valence-electron chi connectivity index (χ0n) is 19.6. The van der Waals surface area contributed by atoms with Gasteiger partial charge < -0.3 is 19.3 Å². The van der Waals surface area contributed by atoms with E-state index in [1.54, 1.807) is 62.4 Å². The zero-order chi connectivity index (χ0) is 25.0. The molecule has 3 rings (SSSR count). The monoisotopic (exact) mass is 466 g/mol. The summed E-state index contributed by atoms with van der Waals surface area (Å²) in [5.41, 5.74) is 0.123. The van der Waals surface area contributed by atoms with Gasteiger partial charge in [0.15, 0.2) is 5.60 Å². The van der Waals surface area contributed by atoms with Gasteiger partial charge in [-0.2, -0.15) is 0 Å². The Morgan fingerprint density at radius 3 is 2.35 bits per heavy atom. The molecule has 0 aliphatic carbocycles. The third-order valence-corrected chi connectivity index (χ3v) is 5.55. The van der Waals surface area contributed by atoms with Crippen molar-refractivity contribution < 1.29 is 29.0 Å². The molecule has 0 aliphatic heterocycles. The number of ether oxygens (including phenoxy) is 3. The van der Waals surface area contributed by atoms with E-state index in [1.165, 1.54) is 20.3 Å². The van der Waals surface area contributed by atoms with Crippen LogP contribution >= 0.6 is 0 Å². The summed E-state index contributed by atoms with van der Waals surface area (Å²) in [6.45, 7) is 5.03. The lowest BCUT2D eigenvalue weighted by Gasteiger charge is -2.38. The van der Waals surface area contributed by atoms with E-state index in [0.717, 1.165) is 5.56 Å². The van der Waals surface area contributed by atoms with Gasteiger partial charge in [-0.15, -0.1) is 0 Å². The van der Waals surface area contributed by atoms with E-state index in [0.29, 0.717) is 16.8 Å². The van der Waals surface area contributed by atoms with Crippen LogP contribution in [-0.4, -0.2) is 41.3 Å². The first-order valence-electron chi connectivity index (χ1n) is 10.4. The minimum atomic E-state index is -1.74. The summed E-state index contributed by atoms with van der Waals surface area (Å²) >= 11 is 0. The van der Waals surface area contributed by atoms with E-state index >= 15 is 0 Å². The Kier molecular flexibility index (Phi) is 7.17. The first-order chi connectivity index (χ1) is 16.1. The summed E-state index contributed by atoms with van der Waals surface area (Å²) in [5, 5.41) is 22.7. The van der Waals surface area contributed by atoms with Crippen molar-refractivity contribution >= 4 is 11.7 Å². The van der Waals surface area contributed by atoms with Crippen LogP contribution in [-0.2, 0) is 19.9 Å². The van der Waals surface area contributed by atoms with E-state index in [-0.39, 0.29) is 22.9 Å². The number of aromatic nitrogens is 1. The molecule has 0 saturated carbocycles. The van der Waals surface area contributed by atoms with Gasteiger partial charge in [-0.1, -0.05) is 42.0 Å². The summed E-state index contributed by atoms with van der Waals surface area (Å²) in [6, 6.07) is 15.1. The number of hydrogen-bond donors (Lipinski definition) is 1. The summed E-state index contributed by atoms with van der Waals surface area (Å²) < 4.78 is 17.0. The fraction of sp³-hybridized carbons (Fsp3) is 0.280. The molecule has 2 atom stereocenters. The molecule has 1 N–H and O–H groups in total. The third-order valence-electron chi connectivity index (χ3n) is 5.55. The lowest BCUT2D eigenvalue weighted by molar-refractivity contribution is -0.387. The number of methoxy groups -OCH3 is 2. The molecule has 3 aromatic rings.